The molecular weight excluding hydrogens is 298 g/mol. The topological polar surface area (TPSA) is 102 Å². The Morgan fingerprint density at radius 3 is 2.61 bits per heavy atom. The average molecular weight is 319 g/mol. The van der Waals surface area contributed by atoms with Crippen LogP contribution in [0.4, 0.5) is 10.5 Å². The van der Waals surface area contributed by atoms with E-state index in [9.17, 15) is 14.4 Å². The van der Waals surface area contributed by atoms with Crippen LogP contribution in [0.1, 0.15) is 30.1 Å². The number of likely N-dealkylation sites (tertiary alicyclic amines) is 1. The summed E-state index contributed by atoms with van der Waals surface area (Å²) < 4.78 is 5.06. The zero-order valence-electron chi connectivity index (χ0n) is 13.1. The highest BCUT2D eigenvalue weighted by Crippen LogP contribution is 2.16. The van der Waals surface area contributed by atoms with Gasteiger partial charge in [0.15, 0.2) is 6.61 Å². The minimum Gasteiger partial charge on any atom is -0.452 e. The molecule has 124 valence electrons. The van der Waals surface area contributed by atoms with Gasteiger partial charge >= 0.3 is 12.0 Å². The Balaban J connectivity index is 1.84. The summed E-state index contributed by atoms with van der Waals surface area (Å²) in [6.07, 6.45) is 2.10. The van der Waals surface area contributed by atoms with Crippen LogP contribution < -0.4 is 11.1 Å². The number of piperidine rings is 1. The molecule has 0 aliphatic carbocycles. The minimum atomic E-state index is -0.679. The van der Waals surface area contributed by atoms with Crippen LogP contribution in [0.15, 0.2) is 24.3 Å². The molecule has 3 N–H and O–H groups in total. The first-order chi connectivity index (χ1) is 11.0. The molecule has 1 atom stereocenters. The van der Waals surface area contributed by atoms with Crippen LogP contribution in [0.3, 0.4) is 0 Å². The van der Waals surface area contributed by atoms with E-state index in [1.54, 1.807) is 4.90 Å². The van der Waals surface area contributed by atoms with Gasteiger partial charge in [-0.05, 0) is 43.0 Å². The predicted octanol–water partition coefficient (Wildman–Crippen LogP) is 1.59. The highest BCUT2D eigenvalue weighted by Gasteiger charge is 2.22. The standard InChI is InChI=1S/C16H21N3O4/c1-11-3-2-8-19(9-11)14(20)10-23-15(21)12-4-6-13(7-5-12)18-16(17)22/h4-7,11H,2-3,8-10H2,1H3,(H3,17,18,22). The van der Waals surface area contributed by atoms with Crippen molar-refractivity contribution in [3.8, 4) is 0 Å². The number of hydrogen-bond acceptors (Lipinski definition) is 4. The Morgan fingerprint density at radius 2 is 2.00 bits per heavy atom. The maximum atomic E-state index is 12.0. The quantitative estimate of drug-likeness (QED) is 0.823. The van der Waals surface area contributed by atoms with Crippen molar-refractivity contribution in [1.82, 2.24) is 4.90 Å². The Hall–Kier alpha value is -2.57. The number of rotatable bonds is 4. The lowest BCUT2D eigenvalue weighted by Crippen LogP contribution is -2.41. The van der Waals surface area contributed by atoms with E-state index in [1.807, 2.05) is 0 Å². The zero-order chi connectivity index (χ0) is 16.8. The second-order valence-electron chi connectivity index (χ2n) is 5.73. The molecule has 0 saturated carbocycles. The number of benzene rings is 1. The normalized spacial score (nSPS) is 17.4. The van der Waals surface area contributed by atoms with Gasteiger partial charge in [0.25, 0.3) is 5.91 Å². The maximum Gasteiger partial charge on any atom is 0.338 e. The summed E-state index contributed by atoms with van der Waals surface area (Å²) >= 11 is 0. The lowest BCUT2D eigenvalue weighted by atomic mass is 10.0. The van der Waals surface area contributed by atoms with Crippen LogP contribution in [0.2, 0.25) is 0 Å². The van der Waals surface area contributed by atoms with Crippen molar-refractivity contribution in [2.24, 2.45) is 11.7 Å². The van der Waals surface area contributed by atoms with E-state index < -0.39 is 12.0 Å². The second-order valence-corrected chi connectivity index (χ2v) is 5.73. The molecule has 0 bridgehead atoms. The number of amides is 3. The number of nitrogens with one attached hydrogen (secondary N) is 1. The van der Waals surface area contributed by atoms with Gasteiger partial charge in [-0.1, -0.05) is 6.92 Å². The van der Waals surface area contributed by atoms with Crippen molar-refractivity contribution in [1.29, 1.82) is 0 Å². The number of nitrogens with two attached hydrogens (primary N) is 1. The molecule has 7 nitrogen and oxygen atoms in total. The van der Waals surface area contributed by atoms with Gasteiger partial charge in [0.2, 0.25) is 0 Å². The Kier molecular flexibility index (Phi) is 5.56. The van der Waals surface area contributed by atoms with E-state index in [-0.39, 0.29) is 12.5 Å². The molecule has 23 heavy (non-hydrogen) atoms. The van der Waals surface area contributed by atoms with Gasteiger partial charge in [-0.25, -0.2) is 9.59 Å². The largest absolute Gasteiger partial charge is 0.452 e. The number of urea groups is 1. The molecule has 1 saturated heterocycles. The molecule has 1 aromatic carbocycles. The van der Waals surface area contributed by atoms with Crippen LogP contribution in [0, 0.1) is 5.92 Å². The van der Waals surface area contributed by atoms with Crippen molar-refractivity contribution in [3.63, 3.8) is 0 Å². The van der Waals surface area contributed by atoms with Gasteiger partial charge in [0.1, 0.15) is 0 Å². The van der Waals surface area contributed by atoms with Crippen LogP contribution in [-0.4, -0.2) is 42.5 Å². The zero-order valence-corrected chi connectivity index (χ0v) is 13.1. The summed E-state index contributed by atoms with van der Waals surface area (Å²) in [5.41, 5.74) is 5.78. The molecule has 0 radical (unpaired) electrons. The molecule has 7 heteroatoms. The summed E-state index contributed by atoms with van der Waals surface area (Å²) in [6.45, 7) is 3.28. The third kappa shape index (κ3) is 4.98. The monoisotopic (exact) mass is 319 g/mol. The molecule has 1 aliphatic heterocycles. The summed E-state index contributed by atoms with van der Waals surface area (Å²) in [6, 6.07) is 5.40. The molecule has 3 amide bonds. The Labute approximate surface area is 134 Å². The Bertz CT molecular complexity index is 585. The third-order valence-corrected chi connectivity index (χ3v) is 3.72. The van der Waals surface area contributed by atoms with Gasteiger partial charge in [-0.2, -0.15) is 0 Å². The molecule has 1 unspecified atom stereocenters. The van der Waals surface area contributed by atoms with Crippen molar-refractivity contribution < 1.29 is 19.1 Å². The molecular formula is C16H21N3O4. The number of carbonyl (C=O) groups is 3. The molecule has 1 fully saturated rings. The lowest BCUT2D eigenvalue weighted by molar-refractivity contribution is -0.136. The fourth-order valence-electron chi connectivity index (χ4n) is 2.55. The second kappa shape index (κ2) is 7.62. The fraction of sp³-hybridized carbons (Fsp3) is 0.438. The van der Waals surface area contributed by atoms with Crippen LogP contribution in [0.25, 0.3) is 0 Å². The smallest absolute Gasteiger partial charge is 0.338 e. The highest BCUT2D eigenvalue weighted by molar-refractivity contribution is 5.93. The fourth-order valence-corrected chi connectivity index (χ4v) is 2.55. The first-order valence-corrected chi connectivity index (χ1v) is 7.57. The van der Waals surface area contributed by atoms with E-state index in [0.717, 1.165) is 12.8 Å². The molecule has 0 spiro atoms. The van der Waals surface area contributed by atoms with Gasteiger partial charge < -0.3 is 20.7 Å². The predicted molar refractivity (Wildman–Crippen MR) is 84.9 cm³/mol. The van der Waals surface area contributed by atoms with Gasteiger partial charge in [0.05, 0.1) is 5.56 Å². The van der Waals surface area contributed by atoms with E-state index in [0.29, 0.717) is 30.3 Å². The lowest BCUT2D eigenvalue weighted by Gasteiger charge is -2.30. The van der Waals surface area contributed by atoms with Gasteiger partial charge in [-0.3, -0.25) is 4.79 Å². The SMILES string of the molecule is CC1CCCN(C(=O)COC(=O)c2ccc(NC(N)=O)cc2)C1. The molecule has 2 rings (SSSR count). The van der Waals surface area contributed by atoms with Crippen LogP contribution >= 0.6 is 0 Å². The number of esters is 1. The number of anilines is 1. The van der Waals surface area contributed by atoms with E-state index >= 15 is 0 Å². The summed E-state index contributed by atoms with van der Waals surface area (Å²) in [7, 11) is 0. The van der Waals surface area contributed by atoms with E-state index in [2.05, 4.69) is 12.2 Å². The molecule has 0 aromatic heterocycles. The maximum absolute atomic E-state index is 12.0. The van der Waals surface area contributed by atoms with Crippen LogP contribution in [0.5, 0.6) is 0 Å². The van der Waals surface area contributed by atoms with Crippen molar-refractivity contribution in [2.75, 3.05) is 25.0 Å². The number of hydrogen-bond donors (Lipinski definition) is 2. The first kappa shape index (κ1) is 16.8. The van der Waals surface area contributed by atoms with Gasteiger partial charge in [0, 0.05) is 18.8 Å². The van der Waals surface area contributed by atoms with Crippen LogP contribution in [-0.2, 0) is 9.53 Å². The Morgan fingerprint density at radius 1 is 1.30 bits per heavy atom. The van der Waals surface area contributed by atoms with E-state index in [4.69, 9.17) is 10.5 Å². The summed E-state index contributed by atoms with van der Waals surface area (Å²) in [5, 5.41) is 2.39. The third-order valence-electron chi connectivity index (χ3n) is 3.72. The first-order valence-electron chi connectivity index (χ1n) is 7.57. The molecule has 1 heterocycles. The van der Waals surface area contributed by atoms with Crippen molar-refractivity contribution in [3.05, 3.63) is 29.8 Å². The number of nitrogens with zero attached hydrogens (tertiary/aromatic N) is 1. The number of carbonyl (C=O) groups excluding carboxylic acids is 3. The average Bonchev–Trinajstić information content (AvgIpc) is 2.52. The minimum absolute atomic E-state index is 0.170. The molecule has 1 aromatic rings. The van der Waals surface area contributed by atoms with Gasteiger partial charge in [-0.15, -0.1) is 0 Å². The highest BCUT2D eigenvalue weighted by atomic mass is 16.5. The van der Waals surface area contributed by atoms with E-state index in [1.165, 1.54) is 24.3 Å². The summed E-state index contributed by atoms with van der Waals surface area (Å²) in [5.74, 6) is -0.264. The molecule has 1 aliphatic rings. The van der Waals surface area contributed by atoms with Crippen molar-refractivity contribution >= 4 is 23.6 Å². The van der Waals surface area contributed by atoms with Crippen molar-refractivity contribution in [2.45, 2.75) is 19.8 Å². The summed E-state index contributed by atoms with van der Waals surface area (Å²) in [4.78, 5) is 36.4. The number of ether oxygens (including phenoxy) is 1. The number of primary amides is 1.